The van der Waals surface area contributed by atoms with Crippen LogP contribution in [0.15, 0.2) is 47.4 Å². The van der Waals surface area contributed by atoms with Gasteiger partial charge >= 0.3 is 0 Å². The Hall–Kier alpha value is -1.93. The van der Waals surface area contributed by atoms with Gasteiger partial charge in [-0.15, -0.1) is 0 Å². The molecule has 1 fully saturated rings. The molecule has 0 aromatic heterocycles. The number of anilines is 1. The number of para-hydroxylation sites is 1. The second-order valence-corrected chi connectivity index (χ2v) is 8.54. The number of ether oxygens (including phenoxy) is 1. The van der Waals surface area contributed by atoms with E-state index >= 15 is 0 Å². The largest absolute Gasteiger partial charge is 0.377 e. The third-order valence-corrected chi connectivity index (χ3v) is 6.31. The number of halogens is 1. The quantitative estimate of drug-likeness (QED) is 0.767. The lowest BCUT2D eigenvalue weighted by molar-refractivity contribution is 0.102. The monoisotopic (exact) mass is 408 g/mol. The lowest BCUT2D eigenvalue weighted by Gasteiger charge is -2.13. The minimum atomic E-state index is -3.86. The number of hydrogen-bond acceptors (Lipinski definition) is 4. The Labute approximate surface area is 163 Å². The molecule has 0 spiro atoms. The van der Waals surface area contributed by atoms with Crippen LogP contribution in [0.1, 0.15) is 28.8 Å². The van der Waals surface area contributed by atoms with Crippen molar-refractivity contribution in [2.75, 3.05) is 18.5 Å². The molecule has 0 unspecified atom stereocenters. The summed E-state index contributed by atoms with van der Waals surface area (Å²) in [6.45, 7) is 2.70. The molecule has 2 aromatic carbocycles. The van der Waals surface area contributed by atoms with Gasteiger partial charge in [-0.3, -0.25) is 4.79 Å². The van der Waals surface area contributed by atoms with Gasteiger partial charge in [0.2, 0.25) is 10.0 Å². The second-order valence-electron chi connectivity index (χ2n) is 6.40. The summed E-state index contributed by atoms with van der Waals surface area (Å²) in [5.41, 5.74) is 1.78. The smallest absolute Gasteiger partial charge is 0.255 e. The van der Waals surface area contributed by atoms with Crippen LogP contribution in [0.25, 0.3) is 0 Å². The molecule has 2 N–H and O–H groups in total. The molecule has 1 aliphatic rings. The van der Waals surface area contributed by atoms with Crippen LogP contribution in [-0.4, -0.2) is 33.6 Å². The Balaban J connectivity index is 1.78. The van der Waals surface area contributed by atoms with Crippen LogP contribution in [0.5, 0.6) is 0 Å². The van der Waals surface area contributed by atoms with Gasteiger partial charge in [0, 0.05) is 24.4 Å². The molecule has 0 radical (unpaired) electrons. The number of nitrogens with one attached hydrogen (secondary N) is 2. The van der Waals surface area contributed by atoms with E-state index in [1.54, 1.807) is 6.07 Å². The number of sulfonamides is 1. The fourth-order valence-corrected chi connectivity index (χ4v) is 4.43. The molecule has 1 saturated heterocycles. The lowest BCUT2D eigenvalue weighted by atomic mass is 10.1. The van der Waals surface area contributed by atoms with Crippen molar-refractivity contribution in [1.29, 1.82) is 0 Å². The fraction of sp³-hybridized carbons (Fsp3) is 0.316. The third-order valence-electron chi connectivity index (χ3n) is 4.40. The molecule has 0 saturated carbocycles. The number of amides is 1. The molecular weight excluding hydrogens is 388 g/mol. The summed E-state index contributed by atoms with van der Waals surface area (Å²) in [5.74, 6) is -0.406. The Morgan fingerprint density at radius 2 is 2.04 bits per heavy atom. The van der Waals surface area contributed by atoms with Crippen molar-refractivity contribution in [2.24, 2.45) is 0 Å². The minimum Gasteiger partial charge on any atom is -0.377 e. The van der Waals surface area contributed by atoms with E-state index in [0.717, 1.165) is 18.4 Å². The maximum atomic E-state index is 12.6. The van der Waals surface area contributed by atoms with Gasteiger partial charge in [0.1, 0.15) is 4.90 Å². The zero-order valence-electron chi connectivity index (χ0n) is 14.9. The Bertz CT molecular complexity index is 940. The topological polar surface area (TPSA) is 84.5 Å². The van der Waals surface area contributed by atoms with E-state index in [4.69, 9.17) is 16.3 Å². The predicted octanol–water partition coefficient (Wildman–Crippen LogP) is 3.36. The molecule has 1 aliphatic heterocycles. The van der Waals surface area contributed by atoms with E-state index in [0.29, 0.717) is 12.3 Å². The van der Waals surface area contributed by atoms with Gasteiger partial charge in [-0.1, -0.05) is 29.8 Å². The van der Waals surface area contributed by atoms with Gasteiger partial charge in [-0.2, -0.15) is 0 Å². The van der Waals surface area contributed by atoms with E-state index in [9.17, 15) is 13.2 Å². The standard InChI is InChI=1S/C19H21ClN2O4S/c1-13-5-2-3-7-17(13)22-19(23)14-8-9-16(20)18(11-14)27(24,25)21-12-15-6-4-10-26-15/h2-3,5,7-9,11,15,21H,4,6,10,12H2,1H3,(H,22,23)/t15-/m0/s1. The Kier molecular flexibility index (Phi) is 6.16. The van der Waals surface area contributed by atoms with Gasteiger partial charge in [0.15, 0.2) is 0 Å². The van der Waals surface area contributed by atoms with E-state index in [2.05, 4.69) is 10.0 Å². The molecule has 27 heavy (non-hydrogen) atoms. The lowest BCUT2D eigenvalue weighted by Crippen LogP contribution is -2.32. The molecule has 8 heteroatoms. The van der Waals surface area contributed by atoms with Crippen LogP contribution < -0.4 is 10.0 Å². The highest BCUT2D eigenvalue weighted by Gasteiger charge is 2.23. The van der Waals surface area contributed by atoms with Gasteiger partial charge in [0.25, 0.3) is 5.91 Å². The van der Waals surface area contributed by atoms with E-state index in [-0.39, 0.29) is 28.1 Å². The van der Waals surface area contributed by atoms with Gasteiger partial charge in [-0.25, -0.2) is 13.1 Å². The SMILES string of the molecule is Cc1ccccc1NC(=O)c1ccc(Cl)c(S(=O)(=O)NC[C@@H]2CCCO2)c1. The van der Waals surface area contributed by atoms with Crippen molar-refractivity contribution in [3.05, 3.63) is 58.6 Å². The number of carbonyl (C=O) groups excluding carboxylic acids is 1. The van der Waals surface area contributed by atoms with Crippen LogP contribution in [0.4, 0.5) is 5.69 Å². The van der Waals surface area contributed by atoms with Crippen molar-refractivity contribution in [1.82, 2.24) is 4.72 Å². The maximum absolute atomic E-state index is 12.6. The fourth-order valence-electron chi connectivity index (χ4n) is 2.84. The summed E-state index contributed by atoms with van der Waals surface area (Å²) in [6, 6.07) is 11.5. The maximum Gasteiger partial charge on any atom is 0.255 e. The highest BCUT2D eigenvalue weighted by atomic mass is 35.5. The van der Waals surface area contributed by atoms with Crippen molar-refractivity contribution >= 4 is 33.2 Å². The number of aryl methyl sites for hydroxylation is 1. The van der Waals surface area contributed by atoms with Crippen LogP contribution in [0.3, 0.4) is 0 Å². The van der Waals surface area contributed by atoms with Crippen molar-refractivity contribution < 1.29 is 17.9 Å². The summed E-state index contributed by atoms with van der Waals surface area (Å²) < 4.78 is 33.2. The van der Waals surface area contributed by atoms with Crippen molar-refractivity contribution in [3.63, 3.8) is 0 Å². The first kappa shape index (κ1) is 19.8. The van der Waals surface area contributed by atoms with Crippen LogP contribution >= 0.6 is 11.6 Å². The Morgan fingerprint density at radius 3 is 2.74 bits per heavy atom. The molecule has 6 nitrogen and oxygen atoms in total. The summed E-state index contributed by atoms with van der Waals surface area (Å²) in [7, 11) is -3.86. The molecule has 0 aliphatic carbocycles. The van der Waals surface area contributed by atoms with E-state index in [1.807, 2.05) is 25.1 Å². The molecule has 144 valence electrons. The first-order chi connectivity index (χ1) is 12.9. The summed E-state index contributed by atoms with van der Waals surface area (Å²) in [4.78, 5) is 12.4. The highest BCUT2D eigenvalue weighted by molar-refractivity contribution is 7.89. The molecule has 1 amide bonds. The zero-order chi connectivity index (χ0) is 19.4. The van der Waals surface area contributed by atoms with E-state index < -0.39 is 15.9 Å². The third kappa shape index (κ3) is 4.87. The van der Waals surface area contributed by atoms with E-state index in [1.165, 1.54) is 18.2 Å². The Morgan fingerprint density at radius 1 is 1.26 bits per heavy atom. The summed E-state index contributed by atoms with van der Waals surface area (Å²) in [5, 5.41) is 2.84. The molecule has 0 bridgehead atoms. The van der Waals surface area contributed by atoms with Crippen molar-refractivity contribution in [2.45, 2.75) is 30.8 Å². The predicted molar refractivity (Wildman–Crippen MR) is 105 cm³/mol. The summed E-state index contributed by atoms with van der Waals surface area (Å²) in [6.07, 6.45) is 1.60. The van der Waals surface area contributed by atoms with Crippen molar-refractivity contribution in [3.8, 4) is 0 Å². The second kappa shape index (κ2) is 8.39. The molecule has 1 heterocycles. The minimum absolute atomic E-state index is 0.0577. The average Bonchev–Trinajstić information content (AvgIpc) is 3.16. The van der Waals surface area contributed by atoms with Gasteiger partial charge in [-0.05, 0) is 49.6 Å². The van der Waals surface area contributed by atoms with Gasteiger partial charge < -0.3 is 10.1 Å². The highest BCUT2D eigenvalue weighted by Crippen LogP contribution is 2.24. The van der Waals surface area contributed by atoms with Gasteiger partial charge in [0.05, 0.1) is 11.1 Å². The first-order valence-corrected chi connectivity index (χ1v) is 10.5. The van der Waals surface area contributed by atoms with Crippen LogP contribution in [0, 0.1) is 6.92 Å². The van der Waals surface area contributed by atoms with Crippen LogP contribution in [-0.2, 0) is 14.8 Å². The number of carbonyl (C=O) groups is 1. The number of hydrogen-bond donors (Lipinski definition) is 2. The molecular formula is C19H21ClN2O4S. The molecule has 1 atom stereocenters. The molecule has 2 aromatic rings. The zero-order valence-corrected chi connectivity index (χ0v) is 16.4. The number of rotatable bonds is 6. The van der Waals surface area contributed by atoms with Crippen LogP contribution in [0.2, 0.25) is 5.02 Å². The normalized spacial score (nSPS) is 17.0. The summed E-state index contributed by atoms with van der Waals surface area (Å²) >= 11 is 6.08. The average molecular weight is 409 g/mol. The number of benzene rings is 2. The first-order valence-electron chi connectivity index (χ1n) is 8.64. The molecule has 3 rings (SSSR count).